The van der Waals surface area contributed by atoms with E-state index in [0.29, 0.717) is 6.42 Å². The Morgan fingerprint density at radius 3 is 2.00 bits per heavy atom. The molecule has 0 radical (unpaired) electrons. The Kier molecular flexibility index (Phi) is 7.99. The van der Waals surface area contributed by atoms with E-state index in [9.17, 15) is 4.39 Å². The lowest BCUT2D eigenvalue weighted by molar-refractivity contribution is 0.567. The molecule has 0 unspecified atom stereocenters. The molecule has 0 spiro atoms. The van der Waals surface area contributed by atoms with Gasteiger partial charge in [-0.05, 0) is 60.7 Å². The van der Waals surface area contributed by atoms with E-state index in [1.54, 1.807) is 6.08 Å². The molecule has 2 rings (SSSR count). The molecule has 0 aromatic heterocycles. The highest BCUT2D eigenvalue weighted by molar-refractivity contribution is 5.53. The molecule has 0 aliphatic carbocycles. The fourth-order valence-corrected chi connectivity index (χ4v) is 2.65. The van der Waals surface area contributed by atoms with Gasteiger partial charge in [0, 0.05) is 11.1 Å². The Bertz CT molecular complexity index is 724. The molecule has 0 atom stereocenters. The summed E-state index contributed by atoms with van der Waals surface area (Å²) in [5.74, 6) is 6.31. The maximum atomic E-state index is 13.8. The molecule has 0 N–H and O–H groups in total. The highest BCUT2D eigenvalue weighted by Crippen LogP contribution is 2.15. The highest BCUT2D eigenvalue weighted by Gasteiger charge is 1.97. The topological polar surface area (TPSA) is 0 Å². The average molecular weight is 334 g/mol. The van der Waals surface area contributed by atoms with E-state index in [0.717, 1.165) is 48.8 Å². The summed E-state index contributed by atoms with van der Waals surface area (Å²) in [5, 5.41) is 0. The van der Waals surface area contributed by atoms with Gasteiger partial charge in [0.05, 0.1) is 0 Å². The normalized spacial score (nSPS) is 11.1. The van der Waals surface area contributed by atoms with Crippen molar-refractivity contribution < 1.29 is 4.39 Å². The summed E-state index contributed by atoms with van der Waals surface area (Å²) in [6.07, 6.45) is 7.53. The summed E-state index contributed by atoms with van der Waals surface area (Å²) in [5.41, 5.74) is 4.21. The van der Waals surface area contributed by atoms with Crippen LogP contribution in [-0.2, 0) is 6.42 Å². The van der Waals surface area contributed by atoms with Crippen LogP contribution in [0.5, 0.6) is 0 Å². The van der Waals surface area contributed by atoms with Gasteiger partial charge in [-0.2, -0.15) is 0 Å². The first-order chi connectivity index (χ1) is 12.2. The number of allylic oxidation sites excluding steroid dienone is 1. The number of hydrogen-bond acceptors (Lipinski definition) is 0. The van der Waals surface area contributed by atoms with Crippen molar-refractivity contribution >= 4 is 6.08 Å². The zero-order chi connectivity index (χ0) is 17.9. The van der Waals surface area contributed by atoms with E-state index < -0.39 is 0 Å². The van der Waals surface area contributed by atoms with Crippen LogP contribution in [0.15, 0.2) is 54.4 Å². The van der Waals surface area contributed by atoms with Crippen LogP contribution in [0.4, 0.5) is 4.39 Å². The fourth-order valence-electron chi connectivity index (χ4n) is 2.65. The van der Waals surface area contributed by atoms with Crippen molar-refractivity contribution in [3.05, 3.63) is 76.6 Å². The molecule has 25 heavy (non-hydrogen) atoms. The fraction of sp³-hybridized carbons (Fsp3) is 0.333. The van der Waals surface area contributed by atoms with E-state index >= 15 is 0 Å². The van der Waals surface area contributed by atoms with Crippen LogP contribution < -0.4 is 0 Å². The Labute approximate surface area is 151 Å². The number of unbranched alkanes of at least 4 members (excludes halogenated alkanes) is 2. The van der Waals surface area contributed by atoms with E-state index in [2.05, 4.69) is 50.0 Å². The molecule has 0 saturated carbocycles. The maximum Gasteiger partial charge on any atom is 0.101 e. The quantitative estimate of drug-likeness (QED) is 0.380. The smallest absolute Gasteiger partial charge is 0.101 e. The SMILES string of the molecule is CCCCC/C(F)=C\c1ccc(C#Cc2ccc(CCC)cc2)cc1. The molecule has 2 aromatic carbocycles. The lowest BCUT2D eigenvalue weighted by Crippen LogP contribution is -1.83. The van der Waals surface area contributed by atoms with Crippen LogP contribution in [0.1, 0.15) is 68.2 Å². The molecular weight excluding hydrogens is 307 g/mol. The molecule has 2 aromatic rings. The number of benzene rings is 2. The maximum absolute atomic E-state index is 13.8. The summed E-state index contributed by atoms with van der Waals surface area (Å²) in [7, 11) is 0. The minimum Gasteiger partial charge on any atom is -0.212 e. The Balaban J connectivity index is 1.97. The summed E-state index contributed by atoms with van der Waals surface area (Å²) in [4.78, 5) is 0. The summed E-state index contributed by atoms with van der Waals surface area (Å²) in [6.45, 7) is 4.31. The number of hydrogen-bond donors (Lipinski definition) is 0. The second-order valence-electron chi connectivity index (χ2n) is 6.37. The van der Waals surface area contributed by atoms with Crippen molar-refractivity contribution in [2.24, 2.45) is 0 Å². The third-order valence-corrected chi connectivity index (χ3v) is 4.10. The molecule has 0 heterocycles. The molecule has 0 nitrogen and oxygen atoms in total. The van der Waals surface area contributed by atoms with Crippen molar-refractivity contribution in [3.63, 3.8) is 0 Å². The number of rotatable bonds is 7. The third kappa shape index (κ3) is 6.98. The largest absolute Gasteiger partial charge is 0.212 e. The minimum absolute atomic E-state index is 0.0422. The van der Waals surface area contributed by atoms with E-state index in [-0.39, 0.29) is 5.83 Å². The van der Waals surface area contributed by atoms with Gasteiger partial charge < -0.3 is 0 Å². The van der Waals surface area contributed by atoms with Gasteiger partial charge in [0.25, 0.3) is 0 Å². The van der Waals surface area contributed by atoms with Crippen molar-refractivity contribution in [3.8, 4) is 11.8 Å². The van der Waals surface area contributed by atoms with Crippen molar-refractivity contribution in [2.45, 2.75) is 52.4 Å². The van der Waals surface area contributed by atoms with Crippen molar-refractivity contribution in [1.82, 2.24) is 0 Å². The molecule has 0 aliphatic heterocycles. The lowest BCUT2D eigenvalue weighted by atomic mass is 10.1. The molecule has 0 amide bonds. The van der Waals surface area contributed by atoms with E-state index in [1.807, 2.05) is 24.3 Å². The van der Waals surface area contributed by atoms with Gasteiger partial charge in [-0.25, -0.2) is 4.39 Å². The average Bonchev–Trinajstić information content (AvgIpc) is 2.63. The molecule has 130 valence electrons. The molecule has 0 fully saturated rings. The van der Waals surface area contributed by atoms with Crippen molar-refractivity contribution in [1.29, 1.82) is 0 Å². The minimum atomic E-state index is -0.0422. The van der Waals surface area contributed by atoms with Gasteiger partial charge in [0.2, 0.25) is 0 Å². The van der Waals surface area contributed by atoms with Crippen LogP contribution in [-0.4, -0.2) is 0 Å². The Morgan fingerprint density at radius 2 is 1.44 bits per heavy atom. The Hall–Kier alpha value is -2.33. The van der Waals surface area contributed by atoms with E-state index in [1.165, 1.54) is 5.56 Å². The van der Waals surface area contributed by atoms with Crippen LogP contribution in [0.25, 0.3) is 6.08 Å². The first kappa shape index (κ1) is 19.0. The van der Waals surface area contributed by atoms with Gasteiger partial charge in [0.15, 0.2) is 0 Å². The molecule has 0 saturated heterocycles. The molecule has 0 bridgehead atoms. The van der Waals surface area contributed by atoms with Gasteiger partial charge in [-0.1, -0.05) is 69.2 Å². The highest BCUT2D eigenvalue weighted by atomic mass is 19.1. The first-order valence-corrected chi connectivity index (χ1v) is 9.28. The van der Waals surface area contributed by atoms with Gasteiger partial charge in [0.1, 0.15) is 5.83 Å². The second-order valence-corrected chi connectivity index (χ2v) is 6.37. The van der Waals surface area contributed by atoms with E-state index in [4.69, 9.17) is 0 Å². The van der Waals surface area contributed by atoms with Crippen LogP contribution in [0, 0.1) is 11.8 Å². The van der Waals surface area contributed by atoms with Crippen LogP contribution in [0.3, 0.4) is 0 Å². The zero-order valence-electron chi connectivity index (χ0n) is 15.3. The van der Waals surface area contributed by atoms with Crippen molar-refractivity contribution in [2.75, 3.05) is 0 Å². The van der Waals surface area contributed by atoms with Gasteiger partial charge in [-0.15, -0.1) is 0 Å². The molecule has 0 aliphatic rings. The number of aryl methyl sites for hydroxylation is 1. The van der Waals surface area contributed by atoms with Gasteiger partial charge in [-0.3, -0.25) is 0 Å². The first-order valence-electron chi connectivity index (χ1n) is 9.28. The number of halogens is 1. The monoisotopic (exact) mass is 334 g/mol. The third-order valence-electron chi connectivity index (χ3n) is 4.10. The second kappa shape index (κ2) is 10.5. The predicted molar refractivity (Wildman–Crippen MR) is 106 cm³/mol. The van der Waals surface area contributed by atoms with Crippen LogP contribution >= 0.6 is 0 Å². The Morgan fingerprint density at radius 1 is 0.840 bits per heavy atom. The molecular formula is C24H27F. The lowest BCUT2D eigenvalue weighted by Gasteiger charge is -1.99. The summed E-state index contributed by atoms with van der Waals surface area (Å²) < 4.78 is 13.8. The van der Waals surface area contributed by atoms with Gasteiger partial charge >= 0.3 is 0 Å². The van der Waals surface area contributed by atoms with Crippen LogP contribution in [0.2, 0.25) is 0 Å². The molecule has 1 heteroatoms. The summed E-state index contributed by atoms with van der Waals surface area (Å²) >= 11 is 0. The zero-order valence-corrected chi connectivity index (χ0v) is 15.3. The predicted octanol–water partition coefficient (Wildman–Crippen LogP) is 6.93. The standard InChI is InChI=1S/C24H27F/c1-3-5-6-8-24(25)19-23-17-15-22(16-18-23)14-13-21-11-9-20(7-4-2)10-12-21/h9-12,15-19H,3-8H2,1-2H3/b24-19+. The summed E-state index contributed by atoms with van der Waals surface area (Å²) in [6, 6.07) is 16.2.